The van der Waals surface area contributed by atoms with Gasteiger partial charge in [0.05, 0.1) is 24.8 Å². The minimum absolute atomic E-state index is 0.725. The van der Waals surface area contributed by atoms with Gasteiger partial charge in [0.15, 0.2) is 5.76 Å². The lowest BCUT2D eigenvalue weighted by atomic mass is 10.1. The molecule has 3 heterocycles. The molecule has 3 aromatic rings. The maximum Gasteiger partial charge on any atom is 0.209 e. The summed E-state index contributed by atoms with van der Waals surface area (Å²) < 4.78 is 8.00. The zero-order valence-corrected chi connectivity index (χ0v) is 12.6. The molecular formula is C17H18N4O. The molecule has 22 heavy (non-hydrogen) atoms. The normalized spacial score (nSPS) is 15.0. The fourth-order valence-electron chi connectivity index (χ4n) is 2.96. The Hall–Kier alpha value is -2.40. The zero-order chi connectivity index (χ0) is 14.9. The van der Waals surface area contributed by atoms with E-state index in [2.05, 4.69) is 26.5 Å². The van der Waals surface area contributed by atoms with Crippen LogP contribution in [0.4, 0.5) is 0 Å². The number of fused-ring (bicyclic) bond motifs is 1. The molecule has 0 amide bonds. The van der Waals surface area contributed by atoms with Crippen LogP contribution in [0.1, 0.15) is 17.3 Å². The molecule has 0 radical (unpaired) electrons. The highest BCUT2D eigenvalue weighted by atomic mass is 16.4. The molecule has 1 aliphatic rings. The number of nitrogens with zero attached hydrogens (tertiary/aromatic N) is 4. The minimum Gasteiger partial charge on any atom is -0.439 e. The first-order valence-corrected chi connectivity index (χ1v) is 7.51. The minimum atomic E-state index is 0.725. The molecule has 5 heteroatoms. The van der Waals surface area contributed by atoms with Gasteiger partial charge in [-0.25, -0.2) is 9.97 Å². The van der Waals surface area contributed by atoms with E-state index in [1.165, 1.54) is 11.4 Å². The third-order valence-electron chi connectivity index (χ3n) is 4.15. The van der Waals surface area contributed by atoms with Gasteiger partial charge < -0.3 is 8.98 Å². The third-order valence-corrected chi connectivity index (χ3v) is 4.15. The molecule has 4 rings (SSSR count). The quantitative estimate of drug-likeness (QED) is 0.745. The van der Waals surface area contributed by atoms with E-state index in [-0.39, 0.29) is 0 Å². The monoisotopic (exact) mass is 294 g/mol. The fourth-order valence-corrected chi connectivity index (χ4v) is 2.96. The van der Waals surface area contributed by atoms with Gasteiger partial charge in [-0.2, -0.15) is 0 Å². The van der Waals surface area contributed by atoms with E-state index < -0.39 is 0 Å². The standard InChI is InChI=1S/C17H18N4O/c1-20-12-19-14-10-21(8-7-15(14)20)11-17-18-9-16(22-17)13-5-3-2-4-6-13/h2-6,9,12H,7-8,10-11H2,1H3. The van der Waals surface area contributed by atoms with Gasteiger partial charge in [-0.05, 0) is 0 Å². The van der Waals surface area contributed by atoms with Crippen LogP contribution in [0.5, 0.6) is 0 Å². The van der Waals surface area contributed by atoms with Crippen LogP contribution in [0.3, 0.4) is 0 Å². The topological polar surface area (TPSA) is 47.1 Å². The van der Waals surface area contributed by atoms with Crippen molar-refractivity contribution in [3.05, 3.63) is 60.1 Å². The van der Waals surface area contributed by atoms with Crippen molar-refractivity contribution in [3.63, 3.8) is 0 Å². The third kappa shape index (κ3) is 2.44. The Bertz CT molecular complexity index is 775. The maximum atomic E-state index is 5.89. The molecule has 0 fully saturated rings. The summed E-state index contributed by atoms with van der Waals surface area (Å²) in [6.45, 7) is 2.59. The molecule has 0 saturated heterocycles. The second kappa shape index (κ2) is 5.42. The van der Waals surface area contributed by atoms with Crippen molar-refractivity contribution in [2.75, 3.05) is 6.54 Å². The smallest absolute Gasteiger partial charge is 0.209 e. The van der Waals surface area contributed by atoms with Crippen molar-refractivity contribution in [2.45, 2.75) is 19.5 Å². The Balaban J connectivity index is 1.48. The highest BCUT2D eigenvalue weighted by Crippen LogP contribution is 2.22. The van der Waals surface area contributed by atoms with Crippen molar-refractivity contribution < 1.29 is 4.42 Å². The molecular weight excluding hydrogens is 276 g/mol. The first kappa shape index (κ1) is 13.3. The predicted molar refractivity (Wildman–Crippen MR) is 83.0 cm³/mol. The van der Waals surface area contributed by atoms with Crippen LogP contribution in [-0.2, 0) is 26.6 Å². The fraction of sp³-hybridized carbons (Fsp3) is 0.294. The average molecular weight is 294 g/mol. The summed E-state index contributed by atoms with van der Waals surface area (Å²) in [5.74, 6) is 1.59. The van der Waals surface area contributed by atoms with E-state index in [0.29, 0.717) is 0 Å². The number of imidazole rings is 1. The molecule has 0 unspecified atom stereocenters. The van der Waals surface area contributed by atoms with Crippen LogP contribution in [0.2, 0.25) is 0 Å². The lowest BCUT2D eigenvalue weighted by Gasteiger charge is -2.25. The van der Waals surface area contributed by atoms with Gasteiger partial charge in [0, 0.05) is 37.8 Å². The van der Waals surface area contributed by atoms with Crippen LogP contribution in [0.25, 0.3) is 11.3 Å². The van der Waals surface area contributed by atoms with Crippen LogP contribution < -0.4 is 0 Å². The molecule has 5 nitrogen and oxygen atoms in total. The number of rotatable bonds is 3. The molecule has 112 valence electrons. The average Bonchev–Trinajstić information content (AvgIpc) is 3.16. The van der Waals surface area contributed by atoms with Gasteiger partial charge >= 0.3 is 0 Å². The molecule has 0 aliphatic carbocycles. The number of aromatic nitrogens is 3. The van der Waals surface area contributed by atoms with Crippen LogP contribution in [-0.4, -0.2) is 26.0 Å². The second-order valence-electron chi connectivity index (χ2n) is 5.69. The van der Waals surface area contributed by atoms with Gasteiger partial charge in [-0.15, -0.1) is 0 Å². The summed E-state index contributed by atoms with van der Waals surface area (Å²) in [4.78, 5) is 11.2. The summed E-state index contributed by atoms with van der Waals surface area (Å²) in [5.41, 5.74) is 3.57. The number of benzene rings is 1. The van der Waals surface area contributed by atoms with E-state index in [1.54, 1.807) is 6.20 Å². The van der Waals surface area contributed by atoms with Crippen LogP contribution >= 0.6 is 0 Å². The summed E-state index contributed by atoms with van der Waals surface area (Å²) in [6, 6.07) is 10.1. The summed E-state index contributed by atoms with van der Waals surface area (Å²) in [7, 11) is 2.06. The number of aryl methyl sites for hydroxylation is 1. The lowest BCUT2D eigenvalue weighted by Crippen LogP contribution is -2.30. The van der Waals surface area contributed by atoms with E-state index in [9.17, 15) is 0 Å². The van der Waals surface area contributed by atoms with Crippen LogP contribution in [0, 0.1) is 0 Å². The maximum absolute atomic E-state index is 5.89. The number of hydrogen-bond acceptors (Lipinski definition) is 4. The molecule has 0 saturated carbocycles. The Morgan fingerprint density at radius 3 is 2.91 bits per heavy atom. The Morgan fingerprint density at radius 2 is 2.05 bits per heavy atom. The van der Waals surface area contributed by atoms with Crippen LogP contribution in [0.15, 0.2) is 47.3 Å². The molecule has 1 aromatic carbocycles. The van der Waals surface area contributed by atoms with E-state index >= 15 is 0 Å². The molecule has 0 N–H and O–H groups in total. The van der Waals surface area contributed by atoms with E-state index in [0.717, 1.165) is 43.3 Å². The first-order chi connectivity index (χ1) is 10.8. The SMILES string of the molecule is Cn1cnc2c1CCN(Cc1ncc(-c3ccccc3)o1)C2. The highest BCUT2D eigenvalue weighted by Gasteiger charge is 2.21. The highest BCUT2D eigenvalue weighted by molar-refractivity contribution is 5.55. The first-order valence-electron chi connectivity index (χ1n) is 7.51. The zero-order valence-electron chi connectivity index (χ0n) is 12.6. The molecule has 0 bridgehead atoms. The van der Waals surface area contributed by atoms with Crippen molar-refractivity contribution in [1.82, 2.24) is 19.4 Å². The Kier molecular flexibility index (Phi) is 3.27. The molecule has 2 aromatic heterocycles. The van der Waals surface area contributed by atoms with E-state index in [1.807, 2.05) is 36.7 Å². The second-order valence-corrected chi connectivity index (χ2v) is 5.69. The van der Waals surface area contributed by atoms with Crippen molar-refractivity contribution in [1.29, 1.82) is 0 Å². The molecule has 0 spiro atoms. The lowest BCUT2D eigenvalue weighted by molar-refractivity contribution is 0.217. The summed E-state index contributed by atoms with van der Waals surface area (Å²) in [5, 5.41) is 0. The van der Waals surface area contributed by atoms with Gasteiger partial charge in [-0.3, -0.25) is 4.90 Å². The Labute approximate surface area is 129 Å². The van der Waals surface area contributed by atoms with Crippen molar-refractivity contribution in [2.24, 2.45) is 7.05 Å². The van der Waals surface area contributed by atoms with Gasteiger partial charge in [0.1, 0.15) is 0 Å². The number of oxazole rings is 1. The van der Waals surface area contributed by atoms with Gasteiger partial charge in [-0.1, -0.05) is 30.3 Å². The summed E-state index contributed by atoms with van der Waals surface area (Å²) in [6.07, 6.45) is 4.73. The predicted octanol–water partition coefficient (Wildman–Crippen LogP) is 2.63. The summed E-state index contributed by atoms with van der Waals surface area (Å²) >= 11 is 0. The molecule has 0 atom stereocenters. The molecule has 1 aliphatic heterocycles. The van der Waals surface area contributed by atoms with Crippen molar-refractivity contribution in [3.8, 4) is 11.3 Å². The largest absolute Gasteiger partial charge is 0.439 e. The van der Waals surface area contributed by atoms with Gasteiger partial charge in [0.25, 0.3) is 0 Å². The van der Waals surface area contributed by atoms with Gasteiger partial charge in [0.2, 0.25) is 5.89 Å². The number of hydrogen-bond donors (Lipinski definition) is 0. The van der Waals surface area contributed by atoms with Crippen molar-refractivity contribution >= 4 is 0 Å². The Morgan fingerprint density at radius 1 is 1.18 bits per heavy atom. The van der Waals surface area contributed by atoms with E-state index in [4.69, 9.17) is 4.42 Å².